The summed E-state index contributed by atoms with van der Waals surface area (Å²) in [4.78, 5) is 15.6. The Morgan fingerprint density at radius 1 is 1.35 bits per heavy atom. The molecule has 0 aliphatic rings. The monoisotopic (exact) mass is 279 g/mol. The summed E-state index contributed by atoms with van der Waals surface area (Å²) in [7, 11) is 3.66. The second-order valence-corrected chi connectivity index (χ2v) is 5.66. The fraction of sp³-hybridized carbons (Fsp3) is 0.533. The van der Waals surface area contributed by atoms with E-state index in [-0.39, 0.29) is 12.6 Å². The third-order valence-electron chi connectivity index (χ3n) is 2.98. The molecule has 0 saturated carbocycles. The van der Waals surface area contributed by atoms with Crippen LogP contribution in [-0.4, -0.2) is 48.8 Å². The molecule has 0 bridgehead atoms. The van der Waals surface area contributed by atoms with Gasteiger partial charge in [-0.15, -0.1) is 0 Å². The van der Waals surface area contributed by atoms with Crippen LogP contribution in [0.4, 0.5) is 16.2 Å². The molecule has 0 unspecified atom stereocenters. The Bertz CT molecular complexity index is 455. The number of aliphatic hydroxyl groups is 1. The molecule has 1 aromatic rings. The van der Waals surface area contributed by atoms with Gasteiger partial charge in [0, 0.05) is 32.0 Å². The van der Waals surface area contributed by atoms with Gasteiger partial charge in [-0.3, -0.25) is 0 Å². The van der Waals surface area contributed by atoms with Crippen molar-refractivity contribution in [1.29, 1.82) is 0 Å². The zero-order chi connectivity index (χ0) is 15.3. The van der Waals surface area contributed by atoms with Crippen LogP contribution in [0.2, 0.25) is 0 Å². The molecule has 0 heterocycles. The van der Waals surface area contributed by atoms with E-state index in [0.29, 0.717) is 0 Å². The summed E-state index contributed by atoms with van der Waals surface area (Å²) in [5.74, 6) is 0. The van der Waals surface area contributed by atoms with Crippen molar-refractivity contribution in [2.24, 2.45) is 0 Å². The SMILES string of the molecule is CCN(C)c1cccc(NC(=O)N(C)CC(C)(C)O)c1. The highest BCUT2D eigenvalue weighted by molar-refractivity contribution is 5.89. The summed E-state index contributed by atoms with van der Waals surface area (Å²) in [6.07, 6.45) is 0. The minimum atomic E-state index is -0.906. The maximum absolute atomic E-state index is 12.0. The number of nitrogens with one attached hydrogen (secondary N) is 1. The summed E-state index contributed by atoms with van der Waals surface area (Å²) >= 11 is 0. The minimum Gasteiger partial charge on any atom is -0.389 e. The van der Waals surface area contributed by atoms with E-state index < -0.39 is 5.60 Å². The second kappa shape index (κ2) is 6.61. The largest absolute Gasteiger partial charge is 0.389 e. The second-order valence-electron chi connectivity index (χ2n) is 5.66. The van der Waals surface area contributed by atoms with Crippen LogP contribution < -0.4 is 10.2 Å². The Morgan fingerprint density at radius 3 is 2.55 bits per heavy atom. The van der Waals surface area contributed by atoms with Crippen molar-refractivity contribution in [2.45, 2.75) is 26.4 Å². The van der Waals surface area contributed by atoms with E-state index in [2.05, 4.69) is 17.1 Å². The molecule has 0 saturated heterocycles. The summed E-state index contributed by atoms with van der Waals surface area (Å²) in [6, 6.07) is 7.46. The molecule has 0 aromatic heterocycles. The molecular weight excluding hydrogens is 254 g/mol. The van der Waals surface area contributed by atoms with Crippen molar-refractivity contribution >= 4 is 17.4 Å². The van der Waals surface area contributed by atoms with Gasteiger partial charge in [0.25, 0.3) is 0 Å². The van der Waals surface area contributed by atoms with Gasteiger partial charge < -0.3 is 20.2 Å². The van der Waals surface area contributed by atoms with Crippen molar-refractivity contribution < 1.29 is 9.90 Å². The zero-order valence-corrected chi connectivity index (χ0v) is 13.0. The Kier molecular flexibility index (Phi) is 5.39. The molecule has 20 heavy (non-hydrogen) atoms. The van der Waals surface area contributed by atoms with E-state index >= 15 is 0 Å². The summed E-state index contributed by atoms with van der Waals surface area (Å²) in [6.45, 7) is 6.59. The van der Waals surface area contributed by atoms with Crippen LogP contribution in [0.3, 0.4) is 0 Å². The lowest BCUT2D eigenvalue weighted by Crippen LogP contribution is -2.41. The van der Waals surface area contributed by atoms with Crippen LogP contribution in [0.1, 0.15) is 20.8 Å². The first kappa shape index (κ1) is 16.3. The van der Waals surface area contributed by atoms with Gasteiger partial charge in [0.1, 0.15) is 0 Å². The number of hydrogen-bond acceptors (Lipinski definition) is 3. The molecule has 0 atom stereocenters. The third-order valence-corrected chi connectivity index (χ3v) is 2.98. The van der Waals surface area contributed by atoms with E-state index in [1.807, 2.05) is 31.3 Å². The highest BCUT2D eigenvalue weighted by Gasteiger charge is 2.19. The molecule has 1 aromatic carbocycles. The molecule has 1 rings (SSSR count). The average molecular weight is 279 g/mol. The van der Waals surface area contributed by atoms with Gasteiger partial charge in [0.15, 0.2) is 0 Å². The molecule has 0 aliphatic heterocycles. The lowest BCUT2D eigenvalue weighted by Gasteiger charge is -2.26. The molecule has 2 N–H and O–H groups in total. The predicted octanol–water partition coefficient (Wildman–Crippen LogP) is 2.38. The first-order chi connectivity index (χ1) is 9.23. The number of amides is 2. The van der Waals surface area contributed by atoms with Gasteiger partial charge in [-0.1, -0.05) is 6.07 Å². The Balaban J connectivity index is 2.71. The van der Waals surface area contributed by atoms with Gasteiger partial charge in [0.2, 0.25) is 0 Å². The minimum absolute atomic E-state index is 0.233. The number of likely N-dealkylation sites (N-methyl/N-ethyl adjacent to an activating group) is 1. The normalized spacial score (nSPS) is 11.1. The van der Waals surface area contributed by atoms with Crippen LogP contribution in [0, 0.1) is 0 Å². The average Bonchev–Trinajstić information content (AvgIpc) is 2.36. The Hall–Kier alpha value is -1.75. The van der Waals surface area contributed by atoms with Gasteiger partial charge >= 0.3 is 6.03 Å². The molecule has 0 fully saturated rings. The highest BCUT2D eigenvalue weighted by Crippen LogP contribution is 2.18. The number of carbonyl (C=O) groups is 1. The fourth-order valence-corrected chi connectivity index (χ4v) is 1.87. The van der Waals surface area contributed by atoms with Crippen molar-refractivity contribution in [1.82, 2.24) is 4.90 Å². The van der Waals surface area contributed by atoms with E-state index in [9.17, 15) is 9.90 Å². The van der Waals surface area contributed by atoms with E-state index in [1.54, 1.807) is 20.9 Å². The van der Waals surface area contributed by atoms with Crippen LogP contribution >= 0.6 is 0 Å². The fourth-order valence-electron chi connectivity index (χ4n) is 1.87. The molecule has 112 valence electrons. The van der Waals surface area contributed by atoms with Gasteiger partial charge in [0.05, 0.1) is 12.1 Å². The first-order valence-corrected chi connectivity index (χ1v) is 6.78. The maximum atomic E-state index is 12.0. The number of hydrogen-bond donors (Lipinski definition) is 2. The number of benzene rings is 1. The van der Waals surface area contributed by atoms with Crippen LogP contribution in [0.5, 0.6) is 0 Å². The lowest BCUT2D eigenvalue weighted by molar-refractivity contribution is 0.0550. The van der Waals surface area contributed by atoms with Crippen molar-refractivity contribution in [3.05, 3.63) is 24.3 Å². The number of carbonyl (C=O) groups excluding carboxylic acids is 1. The van der Waals surface area contributed by atoms with Gasteiger partial charge in [-0.2, -0.15) is 0 Å². The van der Waals surface area contributed by atoms with Crippen molar-refractivity contribution in [3.8, 4) is 0 Å². The quantitative estimate of drug-likeness (QED) is 0.870. The van der Waals surface area contributed by atoms with Crippen molar-refractivity contribution in [3.63, 3.8) is 0 Å². The van der Waals surface area contributed by atoms with E-state index in [1.165, 1.54) is 4.90 Å². The lowest BCUT2D eigenvalue weighted by atomic mass is 10.1. The summed E-state index contributed by atoms with van der Waals surface area (Å²) < 4.78 is 0. The first-order valence-electron chi connectivity index (χ1n) is 6.78. The van der Waals surface area contributed by atoms with Gasteiger partial charge in [-0.25, -0.2) is 4.79 Å². The van der Waals surface area contributed by atoms with Crippen molar-refractivity contribution in [2.75, 3.05) is 37.4 Å². The molecule has 0 spiro atoms. The van der Waals surface area contributed by atoms with Gasteiger partial charge in [-0.05, 0) is 39.0 Å². The Morgan fingerprint density at radius 2 is 2.00 bits per heavy atom. The molecule has 0 radical (unpaired) electrons. The highest BCUT2D eigenvalue weighted by atomic mass is 16.3. The third kappa shape index (κ3) is 5.09. The van der Waals surface area contributed by atoms with E-state index in [0.717, 1.165) is 17.9 Å². The number of rotatable bonds is 5. The number of nitrogens with zero attached hydrogens (tertiary/aromatic N) is 2. The summed E-state index contributed by atoms with van der Waals surface area (Å²) in [5.41, 5.74) is 0.891. The Labute approximate surface area is 121 Å². The standard InChI is InChI=1S/C15H25N3O2/c1-6-17(4)13-9-7-8-12(10-13)16-14(19)18(5)11-15(2,3)20/h7-10,20H,6,11H2,1-5H3,(H,16,19). The number of anilines is 2. The smallest absolute Gasteiger partial charge is 0.321 e. The van der Waals surface area contributed by atoms with E-state index in [4.69, 9.17) is 0 Å². The number of urea groups is 1. The molecule has 2 amide bonds. The predicted molar refractivity (Wildman–Crippen MR) is 83.3 cm³/mol. The summed E-state index contributed by atoms with van der Waals surface area (Å²) in [5, 5.41) is 12.6. The topological polar surface area (TPSA) is 55.8 Å². The molecule has 5 nitrogen and oxygen atoms in total. The maximum Gasteiger partial charge on any atom is 0.321 e. The zero-order valence-electron chi connectivity index (χ0n) is 13.0. The van der Waals surface area contributed by atoms with Crippen LogP contribution in [0.25, 0.3) is 0 Å². The van der Waals surface area contributed by atoms with Crippen LogP contribution in [-0.2, 0) is 0 Å². The molecule has 5 heteroatoms. The van der Waals surface area contributed by atoms with Crippen LogP contribution in [0.15, 0.2) is 24.3 Å². The molecular formula is C15H25N3O2. The molecule has 0 aliphatic carbocycles.